The quantitative estimate of drug-likeness (QED) is 0.204. The zero-order chi connectivity index (χ0) is 0. The van der Waals surface area contributed by atoms with Gasteiger partial charge in [0.15, 0.2) is 0 Å². The summed E-state index contributed by atoms with van der Waals surface area (Å²) in [6.07, 6.45) is 0. The molecular formula is H20Al8Cl8O20Zr-4. The van der Waals surface area contributed by atoms with Crippen LogP contribution in [-0.4, -0.2) is 248 Å². The van der Waals surface area contributed by atoms with E-state index in [1.54, 1.807) is 0 Å². The zero-order valence-corrected chi connectivity index (χ0v) is 34.8. The molecule has 0 spiro atoms. The van der Waals surface area contributed by atoms with Crippen LogP contribution >= 0.6 is 0 Å². The van der Waals surface area contributed by atoms with Gasteiger partial charge < -0.3 is 209 Å². The van der Waals surface area contributed by atoms with Crippen molar-refractivity contribution < 1.29 is 235 Å². The Balaban J connectivity index is 0. The second kappa shape index (κ2) is 1670. The second-order valence-corrected chi connectivity index (χ2v) is 0. The molecule has 0 aromatic rings. The van der Waals surface area contributed by atoms with Crippen molar-refractivity contribution in [2.24, 2.45) is 0 Å². The van der Waals surface area contributed by atoms with Crippen LogP contribution in [0.4, 0.5) is 0 Å². The minimum Gasteiger partial charge on any atom is -1.00 e. The number of rotatable bonds is 0. The number of halogens is 8. The van der Waals surface area contributed by atoms with Gasteiger partial charge in [-0.1, -0.05) is 0 Å². The largest absolute Gasteiger partial charge is 3.00 e. The molecule has 0 atom stereocenters. The fraction of sp³-hybridized carbons (Fsp3) is 0. The molecule has 20 nitrogen and oxygen atoms in total. The Morgan fingerprint density at radius 3 is 0.108 bits per heavy atom. The first-order valence-electron chi connectivity index (χ1n) is 0. The van der Waals surface area contributed by atoms with E-state index in [-0.39, 0.29) is 374 Å². The molecule has 0 heterocycles. The molecule has 0 saturated heterocycles. The van der Waals surface area contributed by atoms with Crippen LogP contribution in [0, 0.1) is 0 Å². The molecule has 37 heavy (non-hydrogen) atoms. The van der Waals surface area contributed by atoms with Gasteiger partial charge in [0.05, 0.1) is 0 Å². The SMILES string of the molecule is [Al+3].[Al+3].[Al+3].[Al+3].[Al+3].[Al+3].[Al+3].[Al+3].[Cl-].[Cl-].[Cl-].[Cl-].[Cl-].[Cl-].[Cl-].[Cl-].[OH-].[OH-].[OH-].[OH-].[OH-].[OH-].[OH-].[OH-].[OH-].[OH-].[OH-].[OH-].[OH-].[OH-].[OH-].[OH-].[OH-].[OH-].[OH-].[OH-].[Zr]. The number of hydrogen-bond acceptors (Lipinski definition) is 20. The smallest absolute Gasteiger partial charge is 1.00 e. The third-order valence-electron chi connectivity index (χ3n) is 0. The molecule has 0 radical (unpaired) electrons. The molecule has 0 rings (SSSR count). The monoisotopic (exact) mass is 926 g/mol. The molecule has 0 amide bonds. The normalized spacial score (nSPS) is 0. The molecule has 0 aromatic heterocycles. The molecule has 0 aliphatic carbocycles. The van der Waals surface area contributed by atoms with Gasteiger partial charge in [0.25, 0.3) is 0 Å². The van der Waals surface area contributed by atoms with E-state index in [4.69, 9.17) is 0 Å². The van der Waals surface area contributed by atoms with Gasteiger partial charge in [-0.2, -0.15) is 0 Å². The van der Waals surface area contributed by atoms with Crippen molar-refractivity contribution in [1.82, 2.24) is 0 Å². The topological polar surface area (TPSA) is 600 Å². The first-order valence-corrected chi connectivity index (χ1v) is 0. The second-order valence-electron chi connectivity index (χ2n) is 0. The summed E-state index contributed by atoms with van der Waals surface area (Å²) in [5, 5.41) is 0. The van der Waals surface area contributed by atoms with E-state index < -0.39 is 0 Å². The van der Waals surface area contributed by atoms with Crippen LogP contribution in [0.3, 0.4) is 0 Å². The van der Waals surface area contributed by atoms with E-state index in [1.165, 1.54) is 0 Å². The standard InChI is InChI=1S/8Al.8ClH.20H2O.Zr/h;;;;;;;;8*1H;20*1H2;/q8*+3;;;;;;;;;;;;;;;;;;;;;;;;;;;;;/p-28. The average molecular weight is 931 g/mol. The van der Waals surface area contributed by atoms with Crippen LogP contribution in [0.5, 0.6) is 0 Å². The summed E-state index contributed by atoms with van der Waals surface area (Å²) in [5.74, 6) is 0. The third kappa shape index (κ3) is 1590. The van der Waals surface area contributed by atoms with Gasteiger partial charge in [0, 0.05) is 26.2 Å². The molecular weight excluding hydrogens is 911 g/mol. The van der Waals surface area contributed by atoms with Crippen molar-refractivity contribution in [2.75, 3.05) is 0 Å². The van der Waals surface area contributed by atoms with Gasteiger partial charge in [-0.15, -0.1) is 0 Å². The molecule has 20 N–H and O–H groups in total. The minimum absolute atomic E-state index is 0. The molecule has 0 bridgehead atoms. The van der Waals surface area contributed by atoms with Crippen LogP contribution in [0.15, 0.2) is 0 Å². The Kier molecular flexibility index (Phi) is 80700. The summed E-state index contributed by atoms with van der Waals surface area (Å²) in [6, 6.07) is 0. The Hall–Kier alpha value is 6.66. The molecule has 0 aliphatic heterocycles. The number of hydrogen-bond donors (Lipinski definition) is 0. The van der Waals surface area contributed by atoms with Gasteiger partial charge in [0.1, 0.15) is 0 Å². The van der Waals surface area contributed by atoms with Crippen LogP contribution < -0.4 is 99.3 Å². The van der Waals surface area contributed by atoms with E-state index in [0.29, 0.717) is 0 Å². The van der Waals surface area contributed by atoms with Gasteiger partial charge in [-0.3, -0.25) is 0 Å². The van der Waals surface area contributed by atoms with Crippen molar-refractivity contribution in [3.63, 3.8) is 0 Å². The van der Waals surface area contributed by atoms with E-state index in [2.05, 4.69) is 0 Å². The van der Waals surface area contributed by atoms with Crippen LogP contribution in [0.2, 0.25) is 0 Å². The molecule has 37 heteroatoms. The third-order valence-corrected chi connectivity index (χ3v) is 0. The average Bonchev–Trinajstić information content (AvgIpc) is 0. The molecule has 0 aromatic carbocycles. The minimum atomic E-state index is 0. The maximum absolute atomic E-state index is 0. The van der Waals surface area contributed by atoms with Gasteiger partial charge >= 0.3 is 139 Å². The van der Waals surface area contributed by atoms with Gasteiger partial charge in [0.2, 0.25) is 0 Å². The fourth-order valence-corrected chi connectivity index (χ4v) is 0. The maximum Gasteiger partial charge on any atom is 3.00 e. The molecule has 0 saturated carbocycles. The summed E-state index contributed by atoms with van der Waals surface area (Å²) in [4.78, 5) is 0. The van der Waals surface area contributed by atoms with Crippen molar-refractivity contribution >= 4 is 139 Å². The predicted octanol–water partition coefficient (Wildman–Crippen LogP) is -30.6. The molecule has 0 aliphatic rings. The Morgan fingerprint density at radius 1 is 0.108 bits per heavy atom. The van der Waals surface area contributed by atoms with E-state index in [0.717, 1.165) is 0 Å². The van der Waals surface area contributed by atoms with Crippen LogP contribution in [-0.2, 0) is 26.2 Å². The van der Waals surface area contributed by atoms with Crippen LogP contribution in [0.1, 0.15) is 0 Å². The Morgan fingerprint density at radius 2 is 0.108 bits per heavy atom. The first kappa shape index (κ1) is 1790. The van der Waals surface area contributed by atoms with Crippen molar-refractivity contribution in [3.8, 4) is 0 Å². The fourth-order valence-electron chi connectivity index (χ4n) is 0. The predicted molar refractivity (Wildman–Crippen MR) is 84.7 cm³/mol. The summed E-state index contributed by atoms with van der Waals surface area (Å²) in [7, 11) is 0. The van der Waals surface area contributed by atoms with Crippen molar-refractivity contribution in [2.45, 2.75) is 0 Å². The van der Waals surface area contributed by atoms with Gasteiger partial charge in [-0.05, 0) is 0 Å². The van der Waals surface area contributed by atoms with E-state index in [1.807, 2.05) is 0 Å². The zero-order valence-electron chi connectivity index (χ0n) is 17.1. The molecule has 0 unspecified atom stereocenters. The summed E-state index contributed by atoms with van der Waals surface area (Å²) >= 11 is 0. The van der Waals surface area contributed by atoms with Crippen molar-refractivity contribution in [3.05, 3.63) is 0 Å². The van der Waals surface area contributed by atoms with Crippen LogP contribution in [0.25, 0.3) is 0 Å². The Bertz CT molecular complexity index is 58.3. The first-order chi connectivity index (χ1) is 0. The van der Waals surface area contributed by atoms with E-state index in [9.17, 15) is 0 Å². The molecule has 0 fully saturated rings. The summed E-state index contributed by atoms with van der Waals surface area (Å²) in [5.41, 5.74) is 0. The maximum atomic E-state index is 0. The van der Waals surface area contributed by atoms with E-state index >= 15 is 0 Å². The van der Waals surface area contributed by atoms with Crippen molar-refractivity contribution in [1.29, 1.82) is 0 Å². The summed E-state index contributed by atoms with van der Waals surface area (Å²) < 4.78 is 0. The summed E-state index contributed by atoms with van der Waals surface area (Å²) in [6.45, 7) is 0. The Labute approximate surface area is 368 Å². The van der Waals surface area contributed by atoms with Gasteiger partial charge in [-0.25, -0.2) is 0 Å². The molecule has 228 valence electrons.